The van der Waals surface area contributed by atoms with Crippen LogP contribution in [0, 0.1) is 5.92 Å². The quantitative estimate of drug-likeness (QED) is 0.887. The maximum atomic E-state index is 12.7. The van der Waals surface area contributed by atoms with E-state index in [1.54, 1.807) is 0 Å². The Labute approximate surface area is 146 Å². The number of piperidine rings is 3. The summed E-state index contributed by atoms with van der Waals surface area (Å²) in [6, 6.07) is 1.91. The maximum Gasteiger partial charge on any atom is 0.270 e. The van der Waals surface area contributed by atoms with Crippen molar-refractivity contribution in [3.05, 3.63) is 24.2 Å². The molecule has 3 fully saturated rings. The zero-order valence-corrected chi connectivity index (χ0v) is 15.0. The van der Waals surface area contributed by atoms with Gasteiger partial charge < -0.3 is 9.73 Å². The van der Waals surface area contributed by atoms with Gasteiger partial charge in [-0.15, -0.1) is 0 Å². The Hall–Kier alpha value is -1.93. The van der Waals surface area contributed by atoms with Gasteiger partial charge in [0, 0.05) is 23.7 Å². The summed E-state index contributed by atoms with van der Waals surface area (Å²) in [7, 11) is -3.43. The number of aromatic nitrogens is 1. The predicted molar refractivity (Wildman–Crippen MR) is 92.1 cm³/mol. The predicted octanol–water partition coefficient (Wildman–Crippen LogP) is 1.44. The summed E-state index contributed by atoms with van der Waals surface area (Å²) in [5, 5.41) is 3.50. The minimum atomic E-state index is -3.43. The minimum absolute atomic E-state index is 0.0788. The zero-order chi connectivity index (χ0) is 17.8. The number of carbonyl (C=O) groups is 1. The van der Waals surface area contributed by atoms with Crippen LogP contribution in [0.4, 0.5) is 0 Å². The highest BCUT2D eigenvalue weighted by Crippen LogP contribution is 2.32. The largest absolute Gasteiger partial charge is 0.461 e. The second kappa shape index (κ2) is 5.81. The Morgan fingerprint density at radius 1 is 1.36 bits per heavy atom. The summed E-state index contributed by atoms with van der Waals surface area (Å²) in [6.07, 6.45) is 5.91. The Kier molecular flexibility index (Phi) is 3.84. The first-order valence-corrected chi connectivity index (χ1v) is 10.4. The van der Waals surface area contributed by atoms with E-state index in [9.17, 15) is 13.2 Å². The standard InChI is InChI=1S/C17H21N3O4S/c1-10-16(11-3-5-20(10)6-4-11)19-17(21)13-7-12-14(8-18-13)24-9-15(12)25(2,22)23/h7-11,16H,3-6H2,1-2H3,(H,19,21). The molecule has 1 N–H and O–H groups in total. The number of carbonyl (C=O) groups excluding carboxylic acids is 1. The first kappa shape index (κ1) is 16.5. The van der Waals surface area contributed by atoms with Crippen molar-refractivity contribution in [3.8, 4) is 0 Å². The number of nitrogens with zero attached hydrogens (tertiary/aromatic N) is 2. The number of rotatable bonds is 3. The van der Waals surface area contributed by atoms with Crippen molar-refractivity contribution in [1.82, 2.24) is 15.2 Å². The van der Waals surface area contributed by atoms with E-state index >= 15 is 0 Å². The summed E-state index contributed by atoms with van der Waals surface area (Å²) in [6.45, 7) is 4.33. The summed E-state index contributed by atoms with van der Waals surface area (Å²) in [5.74, 6) is 0.223. The molecule has 0 spiro atoms. The Balaban J connectivity index is 1.62. The monoisotopic (exact) mass is 363 g/mol. The lowest BCUT2D eigenvalue weighted by molar-refractivity contribution is 0.0216. The molecule has 1 amide bonds. The van der Waals surface area contributed by atoms with Crippen LogP contribution in [-0.2, 0) is 9.84 Å². The highest BCUT2D eigenvalue weighted by atomic mass is 32.2. The number of fused-ring (bicyclic) bond motifs is 4. The van der Waals surface area contributed by atoms with E-state index in [1.165, 1.54) is 18.5 Å². The second-order valence-corrected chi connectivity index (χ2v) is 9.04. The molecule has 8 heteroatoms. The van der Waals surface area contributed by atoms with Crippen LogP contribution in [-0.4, -0.2) is 55.6 Å². The number of amides is 1. The van der Waals surface area contributed by atoms with Gasteiger partial charge in [-0.1, -0.05) is 0 Å². The number of hydrogen-bond donors (Lipinski definition) is 1. The van der Waals surface area contributed by atoms with Gasteiger partial charge in [0.1, 0.15) is 16.9 Å². The van der Waals surface area contributed by atoms with Gasteiger partial charge in [0.15, 0.2) is 15.4 Å². The van der Waals surface area contributed by atoms with E-state index in [0.717, 1.165) is 32.2 Å². The summed E-state index contributed by atoms with van der Waals surface area (Å²) < 4.78 is 28.9. The van der Waals surface area contributed by atoms with E-state index in [1.807, 2.05) is 0 Å². The van der Waals surface area contributed by atoms with E-state index in [2.05, 4.69) is 22.1 Å². The van der Waals surface area contributed by atoms with Crippen molar-refractivity contribution in [2.24, 2.45) is 5.92 Å². The fourth-order valence-corrected chi connectivity index (χ4v) is 4.87. The number of hydrogen-bond acceptors (Lipinski definition) is 6. The van der Waals surface area contributed by atoms with Gasteiger partial charge in [-0.3, -0.25) is 9.69 Å². The minimum Gasteiger partial charge on any atom is -0.461 e. The summed E-state index contributed by atoms with van der Waals surface area (Å²) >= 11 is 0. The fraction of sp³-hybridized carbons (Fsp3) is 0.529. The smallest absolute Gasteiger partial charge is 0.270 e. The number of nitrogens with one attached hydrogen (secondary N) is 1. The van der Waals surface area contributed by atoms with Crippen molar-refractivity contribution >= 4 is 26.7 Å². The van der Waals surface area contributed by atoms with Gasteiger partial charge in [-0.25, -0.2) is 13.4 Å². The lowest BCUT2D eigenvalue weighted by Crippen LogP contribution is -2.62. The Morgan fingerprint density at radius 2 is 2.08 bits per heavy atom. The number of furan rings is 1. The molecule has 7 nitrogen and oxygen atoms in total. The average molecular weight is 363 g/mol. The van der Waals surface area contributed by atoms with Crippen molar-refractivity contribution in [2.75, 3.05) is 19.3 Å². The van der Waals surface area contributed by atoms with E-state index in [4.69, 9.17) is 4.42 Å². The van der Waals surface area contributed by atoms with Crippen molar-refractivity contribution < 1.29 is 17.6 Å². The zero-order valence-electron chi connectivity index (χ0n) is 14.2. The Morgan fingerprint density at radius 3 is 2.72 bits per heavy atom. The van der Waals surface area contributed by atoms with Crippen LogP contribution in [0.1, 0.15) is 30.3 Å². The summed E-state index contributed by atoms with van der Waals surface area (Å²) in [4.78, 5) is 19.3. The molecule has 5 heterocycles. The lowest BCUT2D eigenvalue weighted by Gasteiger charge is -2.49. The molecule has 25 heavy (non-hydrogen) atoms. The molecule has 0 radical (unpaired) electrons. The number of sulfone groups is 1. The SMILES string of the molecule is CC1C(NC(=O)c2cc3c(S(C)(=O)=O)coc3cn2)C2CCN1CC2. The third-order valence-electron chi connectivity index (χ3n) is 5.53. The molecule has 134 valence electrons. The molecular formula is C17H21N3O4S. The first-order chi connectivity index (χ1) is 11.8. The van der Waals surface area contributed by atoms with Gasteiger partial charge in [0.05, 0.1) is 6.20 Å². The molecule has 2 atom stereocenters. The molecule has 0 aliphatic carbocycles. The van der Waals surface area contributed by atoms with E-state index < -0.39 is 9.84 Å². The molecule has 3 aliphatic heterocycles. The van der Waals surface area contributed by atoms with Crippen LogP contribution >= 0.6 is 0 Å². The van der Waals surface area contributed by atoms with Crippen molar-refractivity contribution in [3.63, 3.8) is 0 Å². The van der Waals surface area contributed by atoms with Gasteiger partial charge >= 0.3 is 0 Å². The van der Waals surface area contributed by atoms with E-state index in [-0.39, 0.29) is 22.5 Å². The Bertz CT molecular complexity index is 927. The topological polar surface area (TPSA) is 92.5 Å². The molecule has 5 rings (SSSR count). The highest BCUT2D eigenvalue weighted by Gasteiger charge is 2.40. The van der Waals surface area contributed by atoms with Crippen LogP contribution in [0.3, 0.4) is 0 Å². The molecule has 2 unspecified atom stereocenters. The van der Waals surface area contributed by atoms with Gasteiger partial charge in [-0.2, -0.15) is 0 Å². The first-order valence-electron chi connectivity index (χ1n) is 8.47. The van der Waals surface area contributed by atoms with Gasteiger partial charge in [0.25, 0.3) is 5.91 Å². The molecule has 2 aromatic heterocycles. The molecular weight excluding hydrogens is 342 g/mol. The van der Waals surface area contributed by atoms with Crippen molar-refractivity contribution in [1.29, 1.82) is 0 Å². The maximum absolute atomic E-state index is 12.7. The van der Waals surface area contributed by atoms with Crippen LogP contribution in [0.2, 0.25) is 0 Å². The molecule has 3 saturated heterocycles. The van der Waals surface area contributed by atoms with Gasteiger partial charge in [-0.05, 0) is 44.8 Å². The second-order valence-electron chi connectivity index (χ2n) is 7.05. The highest BCUT2D eigenvalue weighted by molar-refractivity contribution is 7.91. The van der Waals surface area contributed by atoms with Crippen molar-refractivity contribution in [2.45, 2.75) is 36.7 Å². The summed E-state index contributed by atoms with van der Waals surface area (Å²) in [5.41, 5.74) is 0.565. The molecule has 0 aromatic carbocycles. The fourth-order valence-electron chi connectivity index (χ4n) is 4.09. The molecule has 0 saturated carbocycles. The van der Waals surface area contributed by atoms with Crippen LogP contribution < -0.4 is 5.32 Å². The average Bonchev–Trinajstić information content (AvgIpc) is 3.01. The lowest BCUT2D eigenvalue weighted by atomic mass is 9.79. The third kappa shape index (κ3) is 2.83. The van der Waals surface area contributed by atoms with Crippen LogP contribution in [0.5, 0.6) is 0 Å². The molecule has 2 aromatic rings. The number of pyridine rings is 1. The molecule has 3 aliphatic rings. The normalized spacial score (nSPS) is 29.0. The van der Waals surface area contributed by atoms with Crippen LogP contribution in [0.25, 0.3) is 11.0 Å². The van der Waals surface area contributed by atoms with Crippen LogP contribution in [0.15, 0.2) is 27.8 Å². The molecule has 2 bridgehead atoms. The third-order valence-corrected chi connectivity index (χ3v) is 6.65. The van der Waals surface area contributed by atoms with Gasteiger partial charge in [0.2, 0.25) is 0 Å². The van der Waals surface area contributed by atoms with E-state index in [0.29, 0.717) is 22.9 Å².